The molecule has 0 aliphatic rings. The summed E-state index contributed by atoms with van der Waals surface area (Å²) in [5.41, 5.74) is 1.91. The topological polar surface area (TPSA) is 104 Å². The molecule has 0 heterocycles. The van der Waals surface area contributed by atoms with Crippen LogP contribution in [0.2, 0.25) is 5.02 Å². The summed E-state index contributed by atoms with van der Waals surface area (Å²) in [7, 11) is -3.72. The Hall–Kier alpha value is -3.36. The molecule has 3 aromatic carbocycles. The molecule has 0 saturated carbocycles. The Morgan fingerprint density at radius 1 is 0.903 bits per heavy atom. The van der Waals surface area contributed by atoms with Crippen molar-refractivity contribution < 1.29 is 18.0 Å². The molecule has 0 saturated heterocycles. The molecule has 0 atom stereocenters. The maximum Gasteiger partial charge on any atom is 0.261 e. The van der Waals surface area contributed by atoms with Gasteiger partial charge in [-0.05, 0) is 61.0 Å². The van der Waals surface area contributed by atoms with E-state index in [4.69, 9.17) is 11.6 Å². The van der Waals surface area contributed by atoms with Gasteiger partial charge in [-0.1, -0.05) is 35.9 Å². The van der Waals surface area contributed by atoms with Crippen molar-refractivity contribution in [2.75, 3.05) is 16.6 Å². The summed E-state index contributed by atoms with van der Waals surface area (Å²) in [6.07, 6.45) is 0. The van der Waals surface area contributed by atoms with Crippen LogP contribution in [-0.4, -0.2) is 26.8 Å². The maximum atomic E-state index is 12.3. The fourth-order valence-electron chi connectivity index (χ4n) is 2.70. The van der Waals surface area contributed by atoms with Crippen LogP contribution in [0.15, 0.2) is 77.7 Å². The third kappa shape index (κ3) is 5.84. The number of halogens is 1. The first-order valence-corrected chi connectivity index (χ1v) is 11.1. The van der Waals surface area contributed by atoms with Crippen molar-refractivity contribution in [3.05, 3.63) is 88.9 Å². The van der Waals surface area contributed by atoms with E-state index in [9.17, 15) is 18.0 Å². The number of hydrogen-bond donors (Lipinski definition) is 3. The molecule has 9 heteroatoms. The first-order valence-electron chi connectivity index (χ1n) is 9.27. The third-order valence-electron chi connectivity index (χ3n) is 4.40. The highest BCUT2D eigenvalue weighted by Gasteiger charge is 2.14. The van der Waals surface area contributed by atoms with Crippen LogP contribution >= 0.6 is 11.6 Å². The number of anilines is 2. The molecule has 160 valence electrons. The summed E-state index contributed by atoms with van der Waals surface area (Å²) in [6.45, 7) is 1.55. The van der Waals surface area contributed by atoms with E-state index in [1.54, 1.807) is 43.3 Å². The fourth-order valence-corrected chi connectivity index (χ4v) is 3.96. The van der Waals surface area contributed by atoms with Crippen molar-refractivity contribution in [2.24, 2.45) is 0 Å². The standard InChI is InChI=1S/C22H20ClN3O4S/c1-15-19(23)8-5-9-20(15)25-21(27)14-24-22(28)16-10-12-17(13-11-16)26-31(29,30)18-6-3-2-4-7-18/h2-13,26H,14H2,1H3,(H,24,28)(H,25,27). The summed E-state index contributed by atoms with van der Waals surface area (Å²) in [6, 6.07) is 19.0. The Bertz CT molecular complexity index is 1200. The number of rotatable bonds is 7. The number of nitrogens with one attached hydrogen (secondary N) is 3. The average molecular weight is 458 g/mol. The molecule has 0 radical (unpaired) electrons. The van der Waals surface area contributed by atoms with Crippen LogP contribution in [0.3, 0.4) is 0 Å². The van der Waals surface area contributed by atoms with E-state index in [0.29, 0.717) is 16.4 Å². The molecule has 0 bridgehead atoms. The SMILES string of the molecule is Cc1c(Cl)cccc1NC(=O)CNC(=O)c1ccc(NS(=O)(=O)c2ccccc2)cc1. The van der Waals surface area contributed by atoms with Crippen LogP contribution in [0.5, 0.6) is 0 Å². The summed E-state index contributed by atoms with van der Waals surface area (Å²) >= 11 is 6.03. The molecule has 0 spiro atoms. The van der Waals surface area contributed by atoms with E-state index in [1.165, 1.54) is 36.4 Å². The Labute approximate surface area is 185 Å². The number of carbonyl (C=O) groups is 2. The molecular weight excluding hydrogens is 438 g/mol. The lowest BCUT2D eigenvalue weighted by molar-refractivity contribution is -0.115. The summed E-state index contributed by atoms with van der Waals surface area (Å²) < 4.78 is 27.2. The van der Waals surface area contributed by atoms with Gasteiger partial charge in [-0.3, -0.25) is 14.3 Å². The Kier molecular flexibility index (Phi) is 6.94. The van der Waals surface area contributed by atoms with Crippen LogP contribution in [0.1, 0.15) is 15.9 Å². The molecule has 0 aromatic heterocycles. The van der Waals surface area contributed by atoms with Gasteiger partial charge in [-0.2, -0.15) is 0 Å². The molecular formula is C22H20ClN3O4S. The van der Waals surface area contributed by atoms with Crippen molar-refractivity contribution in [1.29, 1.82) is 0 Å². The van der Waals surface area contributed by atoms with Crippen molar-refractivity contribution in [1.82, 2.24) is 5.32 Å². The quantitative estimate of drug-likeness (QED) is 0.501. The molecule has 3 aromatic rings. The van der Waals surface area contributed by atoms with Gasteiger partial charge in [0.2, 0.25) is 5.91 Å². The highest BCUT2D eigenvalue weighted by atomic mass is 35.5. The van der Waals surface area contributed by atoms with Gasteiger partial charge in [0.25, 0.3) is 15.9 Å². The van der Waals surface area contributed by atoms with Gasteiger partial charge in [-0.25, -0.2) is 8.42 Å². The van der Waals surface area contributed by atoms with E-state index < -0.39 is 21.8 Å². The maximum absolute atomic E-state index is 12.3. The van der Waals surface area contributed by atoms with Crippen LogP contribution in [0, 0.1) is 6.92 Å². The van der Waals surface area contributed by atoms with Crippen molar-refractivity contribution in [3.8, 4) is 0 Å². The van der Waals surface area contributed by atoms with Crippen LogP contribution in [0.4, 0.5) is 11.4 Å². The predicted molar refractivity (Wildman–Crippen MR) is 121 cm³/mol. The zero-order chi connectivity index (χ0) is 22.4. The van der Waals surface area contributed by atoms with E-state index in [-0.39, 0.29) is 17.0 Å². The van der Waals surface area contributed by atoms with Gasteiger partial charge >= 0.3 is 0 Å². The number of amides is 2. The number of sulfonamides is 1. The average Bonchev–Trinajstić information content (AvgIpc) is 2.76. The zero-order valence-corrected chi connectivity index (χ0v) is 18.1. The van der Waals surface area contributed by atoms with Crippen molar-refractivity contribution in [2.45, 2.75) is 11.8 Å². The lowest BCUT2D eigenvalue weighted by atomic mass is 10.2. The van der Waals surface area contributed by atoms with Gasteiger partial charge in [0.05, 0.1) is 11.4 Å². The molecule has 2 amide bonds. The molecule has 0 aliphatic carbocycles. The third-order valence-corrected chi connectivity index (χ3v) is 6.21. The van der Waals surface area contributed by atoms with E-state index in [0.717, 1.165) is 5.56 Å². The largest absolute Gasteiger partial charge is 0.343 e. The Morgan fingerprint density at radius 2 is 1.58 bits per heavy atom. The van der Waals surface area contributed by atoms with Gasteiger partial charge < -0.3 is 10.6 Å². The van der Waals surface area contributed by atoms with E-state index in [2.05, 4.69) is 15.4 Å². The first-order chi connectivity index (χ1) is 14.8. The van der Waals surface area contributed by atoms with E-state index >= 15 is 0 Å². The van der Waals surface area contributed by atoms with Crippen LogP contribution in [0.25, 0.3) is 0 Å². The molecule has 7 nitrogen and oxygen atoms in total. The molecule has 3 N–H and O–H groups in total. The lowest BCUT2D eigenvalue weighted by Gasteiger charge is -2.11. The molecule has 0 unspecified atom stereocenters. The molecule has 31 heavy (non-hydrogen) atoms. The smallest absolute Gasteiger partial charge is 0.261 e. The number of hydrogen-bond acceptors (Lipinski definition) is 4. The predicted octanol–water partition coefficient (Wildman–Crippen LogP) is 3.82. The molecule has 3 rings (SSSR count). The first kappa shape index (κ1) is 22.3. The molecule has 0 fully saturated rings. The van der Waals surface area contributed by atoms with Crippen molar-refractivity contribution >= 4 is 44.8 Å². The van der Waals surface area contributed by atoms with E-state index in [1.807, 2.05) is 0 Å². The van der Waals surface area contributed by atoms with Crippen LogP contribution in [-0.2, 0) is 14.8 Å². The summed E-state index contributed by atoms with van der Waals surface area (Å²) in [5, 5.41) is 5.75. The minimum atomic E-state index is -3.72. The highest BCUT2D eigenvalue weighted by Crippen LogP contribution is 2.22. The van der Waals surface area contributed by atoms with Crippen molar-refractivity contribution in [3.63, 3.8) is 0 Å². The summed E-state index contributed by atoms with van der Waals surface area (Å²) in [5.74, 6) is -0.860. The normalized spacial score (nSPS) is 10.9. The lowest BCUT2D eigenvalue weighted by Crippen LogP contribution is -2.33. The monoisotopic (exact) mass is 457 g/mol. The second-order valence-electron chi connectivity index (χ2n) is 6.64. The second-order valence-corrected chi connectivity index (χ2v) is 8.73. The summed E-state index contributed by atoms with van der Waals surface area (Å²) in [4.78, 5) is 24.5. The minimum absolute atomic E-state index is 0.137. The van der Waals surface area contributed by atoms with Gasteiger partial charge in [0.15, 0.2) is 0 Å². The highest BCUT2D eigenvalue weighted by molar-refractivity contribution is 7.92. The number of benzene rings is 3. The zero-order valence-electron chi connectivity index (χ0n) is 16.6. The van der Waals surface area contributed by atoms with Gasteiger partial charge in [0.1, 0.15) is 0 Å². The number of carbonyl (C=O) groups excluding carboxylic acids is 2. The second kappa shape index (κ2) is 9.63. The fraction of sp³-hybridized carbons (Fsp3) is 0.0909. The van der Waals surface area contributed by atoms with Gasteiger partial charge in [-0.15, -0.1) is 0 Å². The minimum Gasteiger partial charge on any atom is -0.343 e. The van der Waals surface area contributed by atoms with Gasteiger partial charge in [0, 0.05) is 22.0 Å². The Balaban J connectivity index is 1.56. The van der Waals surface area contributed by atoms with Crippen LogP contribution < -0.4 is 15.4 Å². The Morgan fingerprint density at radius 3 is 2.26 bits per heavy atom. The molecule has 0 aliphatic heterocycles.